The van der Waals surface area contributed by atoms with E-state index in [1.165, 1.54) is 19.3 Å². The van der Waals surface area contributed by atoms with Crippen LogP contribution in [0.15, 0.2) is 0 Å². The molecule has 2 aliphatic rings. The molecule has 6 nitrogen and oxygen atoms in total. The summed E-state index contributed by atoms with van der Waals surface area (Å²) in [4.78, 5) is 4.35. The average molecular weight is 338 g/mol. The smallest absolute Gasteiger partial charge is 0.221 e. The van der Waals surface area contributed by atoms with Gasteiger partial charge in [0.1, 0.15) is 5.82 Å². The minimum absolute atomic E-state index is 0. The van der Waals surface area contributed by atoms with Gasteiger partial charge in [0.2, 0.25) is 5.95 Å². The van der Waals surface area contributed by atoms with Gasteiger partial charge in [-0.25, -0.2) is 4.68 Å². The van der Waals surface area contributed by atoms with Gasteiger partial charge in [-0.1, -0.05) is 0 Å². The van der Waals surface area contributed by atoms with Crippen molar-refractivity contribution in [1.82, 2.24) is 20.1 Å². The largest absolute Gasteiger partial charge is 0.376 e. The van der Waals surface area contributed by atoms with Crippen molar-refractivity contribution in [1.29, 1.82) is 0 Å². The molecule has 122 valence electrons. The molecule has 0 aromatic carbocycles. The molecular weight excluding hydrogens is 313 g/mol. The Hall–Kier alpha value is -0.560. The zero-order chi connectivity index (χ0) is 13.3. The predicted molar refractivity (Wildman–Crippen MR) is 87.6 cm³/mol. The Morgan fingerprint density at radius 1 is 1.38 bits per heavy atom. The number of piperidine rings is 1. The van der Waals surface area contributed by atoms with Gasteiger partial charge in [-0.3, -0.25) is 0 Å². The molecule has 1 aromatic heterocycles. The van der Waals surface area contributed by atoms with Crippen LogP contribution in [0.4, 0.5) is 5.95 Å². The average Bonchev–Trinajstić information content (AvgIpc) is 2.92. The molecule has 1 atom stereocenters. The Labute approximate surface area is 138 Å². The molecule has 1 unspecified atom stereocenters. The Bertz CT molecular complexity index is 448. The third-order valence-corrected chi connectivity index (χ3v) is 4.31. The molecule has 1 spiro atoms. The van der Waals surface area contributed by atoms with Crippen LogP contribution in [0.5, 0.6) is 0 Å². The van der Waals surface area contributed by atoms with Crippen molar-refractivity contribution in [3.63, 3.8) is 0 Å². The highest BCUT2D eigenvalue weighted by Gasteiger charge is 2.40. The van der Waals surface area contributed by atoms with Crippen LogP contribution in [0.1, 0.15) is 25.1 Å². The van der Waals surface area contributed by atoms with Crippen LogP contribution < -0.4 is 10.6 Å². The Kier molecular flexibility index (Phi) is 6.71. The lowest BCUT2D eigenvalue weighted by molar-refractivity contribution is 0.0923. The van der Waals surface area contributed by atoms with E-state index in [1.54, 1.807) is 4.68 Å². The molecule has 0 amide bonds. The van der Waals surface area contributed by atoms with Gasteiger partial charge in [-0.15, -0.1) is 24.8 Å². The zero-order valence-electron chi connectivity index (χ0n) is 12.6. The van der Waals surface area contributed by atoms with E-state index in [4.69, 9.17) is 4.74 Å². The summed E-state index contributed by atoms with van der Waals surface area (Å²) >= 11 is 0. The molecule has 0 aliphatic carbocycles. The van der Waals surface area contributed by atoms with Crippen molar-refractivity contribution in [2.75, 3.05) is 31.6 Å². The zero-order valence-corrected chi connectivity index (χ0v) is 14.2. The van der Waals surface area contributed by atoms with Gasteiger partial charge in [0.15, 0.2) is 0 Å². The molecule has 0 bridgehead atoms. The molecule has 1 aromatic rings. The highest BCUT2D eigenvalue weighted by atomic mass is 35.5. The van der Waals surface area contributed by atoms with Crippen molar-refractivity contribution in [3.8, 4) is 0 Å². The normalized spacial score (nSPS) is 23.4. The first-order valence-electron chi connectivity index (χ1n) is 7.11. The third kappa shape index (κ3) is 4.22. The van der Waals surface area contributed by atoms with Gasteiger partial charge < -0.3 is 15.4 Å². The highest BCUT2D eigenvalue weighted by molar-refractivity contribution is 5.85. The minimum atomic E-state index is 0. The molecule has 3 rings (SSSR count). The molecule has 21 heavy (non-hydrogen) atoms. The van der Waals surface area contributed by atoms with Gasteiger partial charge in [0, 0.05) is 13.6 Å². The molecule has 2 saturated heterocycles. The van der Waals surface area contributed by atoms with E-state index in [-0.39, 0.29) is 24.8 Å². The first kappa shape index (κ1) is 18.5. The third-order valence-electron chi connectivity index (χ3n) is 4.31. The number of anilines is 1. The molecule has 2 fully saturated rings. The van der Waals surface area contributed by atoms with Crippen molar-refractivity contribution in [2.45, 2.75) is 32.3 Å². The van der Waals surface area contributed by atoms with E-state index >= 15 is 0 Å². The second kappa shape index (κ2) is 7.63. The van der Waals surface area contributed by atoms with E-state index in [2.05, 4.69) is 20.7 Å². The number of aryl methyl sites for hydroxylation is 2. The lowest BCUT2D eigenvalue weighted by Gasteiger charge is -2.32. The quantitative estimate of drug-likeness (QED) is 0.875. The van der Waals surface area contributed by atoms with E-state index in [1.807, 2.05) is 14.0 Å². The van der Waals surface area contributed by atoms with Gasteiger partial charge in [-0.05, 0) is 44.7 Å². The maximum absolute atomic E-state index is 5.97. The number of rotatable bonds is 3. The van der Waals surface area contributed by atoms with Crippen molar-refractivity contribution >= 4 is 30.8 Å². The number of nitrogens with one attached hydrogen (secondary N) is 2. The summed E-state index contributed by atoms with van der Waals surface area (Å²) in [5.41, 5.74) is 0.424. The van der Waals surface area contributed by atoms with Gasteiger partial charge >= 0.3 is 0 Å². The minimum Gasteiger partial charge on any atom is -0.376 e. The lowest BCUT2D eigenvalue weighted by Crippen LogP contribution is -2.37. The summed E-state index contributed by atoms with van der Waals surface area (Å²) in [7, 11) is 1.91. The first-order chi connectivity index (χ1) is 9.17. The molecule has 2 aliphatic heterocycles. The molecular formula is C13H25Cl2N5O. The predicted octanol–water partition coefficient (Wildman–Crippen LogP) is 1.54. The lowest BCUT2D eigenvalue weighted by atomic mass is 9.77. The fourth-order valence-corrected chi connectivity index (χ4v) is 3.20. The first-order valence-corrected chi connectivity index (χ1v) is 7.11. The van der Waals surface area contributed by atoms with Crippen LogP contribution in [-0.4, -0.2) is 47.1 Å². The topological polar surface area (TPSA) is 64.0 Å². The van der Waals surface area contributed by atoms with E-state index in [0.29, 0.717) is 11.5 Å². The van der Waals surface area contributed by atoms with Gasteiger partial charge in [-0.2, -0.15) is 10.1 Å². The summed E-state index contributed by atoms with van der Waals surface area (Å²) in [5, 5.41) is 11.0. The maximum atomic E-state index is 5.97. The fourth-order valence-electron chi connectivity index (χ4n) is 3.20. The fraction of sp³-hybridized carbons (Fsp3) is 0.846. The molecule has 2 N–H and O–H groups in total. The SMILES string of the molecule is Cc1nc(NCC2CC3(CCNCC3)CO2)n(C)n1.Cl.Cl. The Balaban J connectivity index is 0.00000110. The second-order valence-corrected chi connectivity index (χ2v) is 5.87. The number of hydrogen-bond acceptors (Lipinski definition) is 5. The maximum Gasteiger partial charge on any atom is 0.221 e. The van der Waals surface area contributed by atoms with Gasteiger partial charge in [0.05, 0.1) is 12.7 Å². The van der Waals surface area contributed by atoms with Crippen LogP contribution >= 0.6 is 24.8 Å². The second-order valence-electron chi connectivity index (χ2n) is 5.87. The van der Waals surface area contributed by atoms with Crippen LogP contribution in [0.3, 0.4) is 0 Å². The molecule has 0 saturated carbocycles. The van der Waals surface area contributed by atoms with Crippen LogP contribution in [-0.2, 0) is 11.8 Å². The van der Waals surface area contributed by atoms with Crippen molar-refractivity contribution in [2.24, 2.45) is 12.5 Å². The van der Waals surface area contributed by atoms with E-state index in [0.717, 1.165) is 38.0 Å². The van der Waals surface area contributed by atoms with Crippen LogP contribution in [0.2, 0.25) is 0 Å². The summed E-state index contributed by atoms with van der Waals surface area (Å²) in [6.07, 6.45) is 3.95. The molecule has 3 heterocycles. The Morgan fingerprint density at radius 2 is 2.10 bits per heavy atom. The number of hydrogen-bond donors (Lipinski definition) is 2. The summed E-state index contributed by atoms with van der Waals surface area (Å²) in [6, 6.07) is 0. The van der Waals surface area contributed by atoms with Crippen molar-refractivity contribution in [3.05, 3.63) is 5.82 Å². The Morgan fingerprint density at radius 3 is 2.71 bits per heavy atom. The number of ether oxygens (including phenoxy) is 1. The van der Waals surface area contributed by atoms with E-state index < -0.39 is 0 Å². The molecule has 0 radical (unpaired) electrons. The number of aromatic nitrogens is 3. The summed E-state index contributed by atoms with van der Waals surface area (Å²) in [6.45, 7) is 5.90. The van der Waals surface area contributed by atoms with E-state index in [9.17, 15) is 0 Å². The van der Waals surface area contributed by atoms with Crippen molar-refractivity contribution < 1.29 is 4.74 Å². The van der Waals surface area contributed by atoms with Crippen LogP contribution in [0.25, 0.3) is 0 Å². The molecule has 8 heteroatoms. The summed E-state index contributed by atoms with van der Waals surface area (Å²) < 4.78 is 7.75. The highest BCUT2D eigenvalue weighted by Crippen LogP contribution is 2.40. The summed E-state index contributed by atoms with van der Waals surface area (Å²) in [5.74, 6) is 1.62. The van der Waals surface area contributed by atoms with Gasteiger partial charge in [0.25, 0.3) is 0 Å². The van der Waals surface area contributed by atoms with Crippen LogP contribution in [0, 0.1) is 12.3 Å². The standard InChI is InChI=1S/C13H23N5O.2ClH/c1-10-16-12(18(2)17-10)15-8-11-7-13(9-19-11)3-5-14-6-4-13;;/h11,14H,3-9H2,1-2H3,(H,15,16,17);2*1H. The number of nitrogens with zero attached hydrogens (tertiary/aromatic N) is 3. The number of halogens is 2. The monoisotopic (exact) mass is 337 g/mol.